The average molecular weight is 392 g/mol. The monoisotopic (exact) mass is 391 g/mol. The first-order valence-electron chi connectivity index (χ1n) is 8.79. The van der Waals surface area contributed by atoms with Crippen molar-refractivity contribution in [2.45, 2.75) is 10.6 Å². The number of hydrogen-bond donors (Lipinski definition) is 2. The third-order valence-electron chi connectivity index (χ3n) is 4.29. The van der Waals surface area contributed by atoms with Crippen LogP contribution >= 0.6 is 24.2 Å². The third kappa shape index (κ3) is 6.65. The van der Waals surface area contributed by atoms with Crippen molar-refractivity contribution in [3.63, 3.8) is 0 Å². The molecule has 1 aliphatic heterocycles. The maximum atomic E-state index is 12.2. The summed E-state index contributed by atoms with van der Waals surface area (Å²) in [6, 6.07) is 18.3. The van der Waals surface area contributed by atoms with Gasteiger partial charge in [0.1, 0.15) is 0 Å². The number of halogens is 1. The minimum absolute atomic E-state index is 0. The van der Waals surface area contributed by atoms with Crippen LogP contribution in [0.4, 0.5) is 0 Å². The van der Waals surface area contributed by atoms with Gasteiger partial charge in [0.05, 0.1) is 0 Å². The average Bonchev–Trinajstić information content (AvgIpc) is 2.68. The molecule has 0 unspecified atom stereocenters. The molecule has 3 rings (SSSR count). The van der Waals surface area contributed by atoms with Gasteiger partial charge in [-0.15, -0.1) is 24.2 Å². The summed E-state index contributed by atoms with van der Waals surface area (Å²) in [4.78, 5) is 15.8. The van der Waals surface area contributed by atoms with Gasteiger partial charge in [0.25, 0.3) is 5.91 Å². The molecule has 1 amide bonds. The van der Waals surface area contributed by atoms with Crippen molar-refractivity contribution >= 4 is 30.1 Å². The second kappa shape index (κ2) is 11.2. The van der Waals surface area contributed by atoms with Gasteiger partial charge < -0.3 is 10.6 Å². The zero-order chi connectivity index (χ0) is 17.3. The van der Waals surface area contributed by atoms with Gasteiger partial charge in [-0.1, -0.05) is 30.3 Å². The number of piperazine rings is 1. The Kier molecular flexibility index (Phi) is 8.98. The number of hydrogen-bond acceptors (Lipinski definition) is 4. The second-order valence-electron chi connectivity index (χ2n) is 6.15. The molecule has 1 heterocycles. The van der Waals surface area contributed by atoms with Crippen LogP contribution in [-0.2, 0) is 5.75 Å². The first-order chi connectivity index (χ1) is 12.3. The van der Waals surface area contributed by atoms with Gasteiger partial charge in [-0.05, 0) is 29.8 Å². The maximum Gasteiger partial charge on any atom is 0.251 e. The fourth-order valence-corrected chi connectivity index (χ4v) is 3.66. The lowest BCUT2D eigenvalue weighted by molar-refractivity contribution is 0.0947. The standard InChI is InChI=1S/C20H25N3OS.ClH/c24-20(22-12-15-23-13-10-21-11-14-23)18-6-8-19(9-7-18)25-16-17-4-2-1-3-5-17;/h1-9,21H,10-16H2,(H,22,24);1H. The molecule has 0 spiro atoms. The van der Waals surface area contributed by atoms with Gasteiger partial charge in [-0.3, -0.25) is 9.69 Å². The van der Waals surface area contributed by atoms with Crippen LogP contribution in [0.3, 0.4) is 0 Å². The molecule has 1 aliphatic rings. The van der Waals surface area contributed by atoms with Crippen LogP contribution in [0.25, 0.3) is 0 Å². The molecule has 2 aromatic carbocycles. The van der Waals surface area contributed by atoms with Crippen molar-refractivity contribution in [2.24, 2.45) is 0 Å². The van der Waals surface area contributed by atoms with E-state index in [-0.39, 0.29) is 18.3 Å². The van der Waals surface area contributed by atoms with Gasteiger partial charge in [-0.2, -0.15) is 0 Å². The van der Waals surface area contributed by atoms with E-state index in [9.17, 15) is 4.79 Å². The third-order valence-corrected chi connectivity index (χ3v) is 5.37. The molecule has 2 N–H and O–H groups in total. The first-order valence-corrected chi connectivity index (χ1v) is 9.78. The number of nitrogens with one attached hydrogen (secondary N) is 2. The quantitative estimate of drug-likeness (QED) is 0.712. The number of thioether (sulfide) groups is 1. The molecule has 0 radical (unpaired) electrons. The highest BCUT2D eigenvalue weighted by molar-refractivity contribution is 7.98. The zero-order valence-electron chi connectivity index (χ0n) is 14.8. The molecular weight excluding hydrogens is 366 g/mol. The van der Waals surface area contributed by atoms with Crippen molar-refractivity contribution in [3.8, 4) is 0 Å². The van der Waals surface area contributed by atoms with E-state index < -0.39 is 0 Å². The van der Waals surface area contributed by atoms with Crippen molar-refractivity contribution in [1.29, 1.82) is 0 Å². The number of amides is 1. The van der Waals surface area contributed by atoms with Crippen LogP contribution in [0.15, 0.2) is 59.5 Å². The SMILES string of the molecule is Cl.O=C(NCCN1CCNCC1)c1ccc(SCc2ccccc2)cc1. The highest BCUT2D eigenvalue weighted by Crippen LogP contribution is 2.22. The van der Waals surface area contributed by atoms with E-state index in [1.54, 1.807) is 11.8 Å². The lowest BCUT2D eigenvalue weighted by Gasteiger charge is -2.27. The van der Waals surface area contributed by atoms with E-state index in [0.29, 0.717) is 6.54 Å². The maximum absolute atomic E-state index is 12.2. The van der Waals surface area contributed by atoms with Crippen LogP contribution in [0.1, 0.15) is 15.9 Å². The normalized spacial score (nSPS) is 14.5. The topological polar surface area (TPSA) is 44.4 Å². The number of benzene rings is 2. The molecule has 0 aliphatic carbocycles. The zero-order valence-corrected chi connectivity index (χ0v) is 16.5. The lowest BCUT2D eigenvalue weighted by atomic mass is 10.2. The van der Waals surface area contributed by atoms with E-state index in [1.165, 1.54) is 10.5 Å². The van der Waals surface area contributed by atoms with Crippen molar-refractivity contribution in [3.05, 3.63) is 65.7 Å². The molecule has 1 fully saturated rings. The van der Waals surface area contributed by atoms with E-state index in [2.05, 4.69) is 39.8 Å². The largest absolute Gasteiger partial charge is 0.351 e. The molecule has 140 valence electrons. The molecule has 2 aromatic rings. The highest BCUT2D eigenvalue weighted by Gasteiger charge is 2.10. The van der Waals surface area contributed by atoms with Crippen molar-refractivity contribution < 1.29 is 4.79 Å². The van der Waals surface area contributed by atoms with Crippen molar-refractivity contribution in [2.75, 3.05) is 39.3 Å². The number of nitrogens with zero attached hydrogens (tertiary/aromatic N) is 1. The van der Waals surface area contributed by atoms with Crippen molar-refractivity contribution in [1.82, 2.24) is 15.5 Å². The van der Waals surface area contributed by atoms with E-state index in [4.69, 9.17) is 0 Å². The molecule has 0 aromatic heterocycles. The van der Waals surface area contributed by atoms with Gasteiger partial charge in [-0.25, -0.2) is 0 Å². The molecule has 0 atom stereocenters. The number of rotatable bonds is 7. The lowest BCUT2D eigenvalue weighted by Crippen LogP contribution is -2.46. The molecule has 4 nitrogen and oxygen atoms in total. The summed E-state index contributed by atoms with van der Waals surface area (Å²) in [5, 5.41) is 6.35. The van der Waals surface area contributed by atoms with E-state index in [0.717, 1.165) is 44.0 Å². The highest BCUT2D eigenvalue weighted by atomic mass is 35.5. The van der Waals surface area contributed by atoms with Gasteiger partial charge in [0.2, 0.25) is 0 Å². The Morgan fingerprint density at radius 2 is 1.73 bits per heavy atom. The Hall–Kier alpha value is -1.53. The van der Waals surface area contributed by atoms with E-state index >= 15 is 0 Å². The Morgan fingerprint density at radius 3 is 2.42 bits per heavy atom. The first kappa shape index (κ1) is 20.8. The molecule has 0 bridgehead atoms. The summed E-state index contributed by atoms with van der Waals surface area (Å²) in [6.45, 7) is 5.81. The summed E-state index contributed by atoms with van der Waals surface area (Å²) in [6.07, 6.45) is 0. The number of carbonyl (C=O) groups is 1. The predicted octanol–water partition coefficient (Wildman–Crippen LogP) is 3.04. The fourth-order valence-electron chi connectivity index (χ4n) is 2.81. The van der Waals surface area contributed by atoms with Crippen LogP contribution in [0, 0.1) is 0 Å². The Labute approximate surface area is 166 Å². The number of carbonyl (C=O) groups excluding carboxylic acids is 1. The summed E-state index contributed by atoms with van der Waals surface area (Å²) in [5.41, 5.74) is 2.03. The second-order valence-corrected chi connectivity index (χ2v) is 7.19. The van der Waals surface area contributed by atoms with Gasteiger partial charge in [0.15, 0.2) is 0 Å². The molecule has 0 saturated carbocycles. The fraction of sp³-hybridized carbons (Fsp3) is 0.350. The van der Waals surface area contributed by atoms with Gasteiger partial charge in [0, 0.05) is 55.5 Å². The summed E-state index contributed by atoms with van der Waals surface area (Å²) < 4.78 is 0. The van der Waals surface area contributed by atoms with Crippen LogP contribution in [0.2, 0.25) is 0 Å². The molecule has 1 saturated heterocycles. The smallest absolute Gasteiger partial charge is 0.251 e. The summed E-state index contributed by atoms with van der Waals surface area (Å²) in [5.74, 6) is 0.951. The summed E-state index contributed by atoms with van der Waals surface area (Å²) >= 11 is 1.79. The minimum Gasteiger partial charge on any atom is -0.351 e. The molecule has 26 heavy (non-hydrogen) atoms. The minimum atomic E-state index is 0. The predicted molar refractivity (Wildman–Crippen MR) is 111 cm³/mol. The Bertz CT molecular complexity index is 661. The Balaban J connectivity index is 0.00000243. The van der Waals surface area contributed by atoms with Crippen LogP contribution < -0.4 is 10.6 Å². The van der Waals surface area contributed by atoms with E-state index in [1.807, 2.05) is 30.3 Å². The molecular formula is C20H26ClN3OS. The summed E-state index contributed by atoms with van der Waals surface area (Å²) in [7, 11) is 0. The van der Waals surface area contributed by atoms with Crippen LogP contribution in [-0.4, -0.2) is 50.1 Å². The molecule has 6 heteroatoms. The van der Waals surface area contributed by atoms with Gasteiger partial charge >= 0.3 is 0 Å². The Morgan fingerprint density at radius 1 is 1.04 bits per heavy atom. The van der Waals surface area contributed by atoms with Crippen LogP contribution in [0.5, 0.6) is 0 Å².